The molecule has 5 N–H and O–H groups in total. The van der Waals surface area contributed by atoms with E-state index in [1.54, 1.807) is 4.90 Å². The first-order valence-electron chi connectivity index (χ1n) is 4.14. The number of hydrogen-bond donors (Lipinski definition) is 3. The minimum absolute atomic E-state index is 0.273. The van der Waals surface area contributed by atoms with E-state index in [0.29, 0.717) is 6.54 Å². The molecule has 0 spiro atoms. The third-order valence-electron chi connectivity index (χ3n) is 2.57. The molecule has 2 aliphatic rings. The van der Waals surface area contributed by atoms with Crippen LogP contribution in [0.5, 0.6) is 0 Å². The van der Waals surface area contributed by atoms with Gasteiger partial charge in [0.2, 0.25) is 11.8 Å². The maximum Gasteiger partial charge on any atom is 0.259 e. The van der Waals surface area contributed by atoms with Crippen molar-refractivity contribution in [2.45, 2.75) is 18.1 Å². The molecule has 0 saturated carbocycles. The molecule has 76 valence electrons. The van der Waals surface area contributed by atoms with Crippen LogP contribution in [0.3, 0.4) is 0 Å². The van der Waals surface area contributed by atoms with Crippen LogP contribution in [-0.2, 0) is 14.4 Å². The summed E-state index contributed by atoms with van der Waals surface area (Å²) in [7, 11) is 0. The molecule has 0 aromatic rings. The number of amides is 3. The van der Waals surface area contributed by atoms with Crippen molar-refractivity contribution in [3.8, 4) is 0 Å². The molecule has 3 amide bonds. The van der Waals surface area contributed by atoms with Gasteiger partial charge in [-0.1, -0.05) is 0 Å². The van der Waals surface area contributed by atoms with Gasteiger partial charge in [-0.25, -0.2) is 0 Å². The third-order valence-corrected chi connectivity index (χ3v) is 2.57. The smallest absolute Gasteiger partial charge is 0.259 e. The molecule has 2 saturated heterocycles. The van der Waals surface area contributed by atoms with Gasteiger partial charge in [0.15, 0.2) is 5.66 Å². The van der Waals surface area contributed by atoms with Crippen LogP contribution in [-0.4, -0.2) is 40.9 Å². The van der Waals surface area contributed by atoms with E-state index in [9.17, 15) is 14.4 Å². The molecule has 2 fully saturated rings. The highest BCUT2D eigenvalue weighted by molar-refractivity contribution is 6.01. The minimum Gasteiger partial charge on any atom is -0.370 e. The van der Waals surface area contributed by atoms with Gasteiger partial charge in [0.25, 0.3) is 5.91 Å². The van der Waals surface area contributed by atoms with Crippen molar-refractivity contribution < 1.29 is 14.4 Å². The number of hydrogen-bond acceptors (Lipinski definition) is 4. The number of carbonyl (C=O) groups is 3. The van der Waals surface area contributed by atoms with Crippen LogP contribution in [0.4, 0.5) is 0 Å². The molecule has 0 bridgehead atoms. The molecule has 2 aliphatic heterocycles. The summed E-state index contributed by atoms with van der Waals surface area (Å²) in [4.78, 5) is 34.7. The quantitative estimate of drug-likeness (QED) is 0.415. The number of fused-ring (bicyclic) bond motifs is 1. The predicted molar refractivity (Wildman–Crippen MR) is 44.4 cm³/mol. The number of nitrogens with two attached hydrogens (primary N) is 2. The lowest BCUT2D eigenvalue weighted by Gasteiger charge is -2.27. The van der Waals surface area contributed by atoms with Crippen molar-refractivity contribution in [3.05, 3.63) is 0 Å². The first-order valence-corrected chi connectivity index (χ1v) is 4.14. The van der Waals surface area contributed by atoms with Crippen molar-refractivity contribution in [2.24, 2.45) is 11.5 Å². The SMILES string of the molecule is NC(=O)CC1(C(N)=O)NC(=O)C2CN21. The number of primary amides is 2. The average Bonchev–Trinajstić information content (AvgIpc) is 2.75. The lowest BCUT2D eigenvalue weighted by molar-refractivity contribution is -0.134. The van der Waals surface area contributed by atoms with Crippen LogP contribution in [0.25, 0.3) is 0 Å². The lowest BCUT2D eigenvalue weighted by atomic mass is 10.1. The van der Waals surface area contributed by atoms with Crippen molar-refractivity contribution >= 4 is 17.7 Å². The van der Waals surface area contributed by atoms with Gasteiger partial charge in [0.05, 0.1) is 6.42 Å². The van der Waals surface area contributed by atoms with Crippen molar-refractivity contribution in [1.29, 1.82) is 0 Å². The van der Waals surface area contributed by atoms with E-state index in [-0.39, 0.29) is 18.4 Å². The second-order valence-electron chi connectivity index (χ2n) is 3.53. The largest absolute Gasteiger partial charge is 0.370 e. The standard InChI is InChI=1S/C7H10N4O3/c8-4(12)1-7(6(9)14)10-5(13)3-2-11(3)7/h3H,1-2H2,(H2,8,12)(H2,9,14)(H,10,13). The monoisotopic (exact) mass is 198 g/mol. The van der Waals surface area contributed by atoms with Gasteiger partial charge in [-0.3, -0.25) is 19.3 Å². The summed E-state index contributed by atoms with van der Waals surface area (Å²) in [5.74, 6) is -1.69. The highest BCUT2D eigenvalue weighted by Crippen LogP contribution is 2.36. The Morgan fingerprint density at radius 1 is 1.57 bits per heavy atom. The Morgan fingerprint density at radius 2 is 2.21 bits per heavy atom. The zero-order chi connectivity index (χ0) is 10.5. The van der Waals surface area contributed by atoms with E-state index in [1.807, 2.05) is 0 Å². The summed E-state index contributed by atoms with van der Waals surface area (Å²) in [5.41, 5.74) is 8.77. The van der Waals surface area contributed by atoms with Gasteiger partial charge >= 0.3 is 0 Å². The minimum atomic E-state index is -1.38. The van der Waals surface area contributed by atoms with Gasteiger partial charge in [0, 0.05) is 6.54 Å². The number of carbonyl (C=O) groups excluding carboxylic acids is 3. The van der Waals surface area contributed by atoms with E-state index in [1.165, 1.54) is 0 Å². The Kier molecular flexibility index (Phi) is 1.56. The topological polar surface area (TPSA) is 118 Å². The fourth-order valence-electron chi connectivity index (χ4n) is 1.83. The summed E-state index contributed by atoms with van der Waals surface area (Å²) in [6.45, 7) is 0.460. The molecule has 0 aromatic carbocycles. The Morgan fingerprint density at radius 3 is 2.50 bits per heavy atom. The number of nitrogens with one attached hydrogen (secondary N) is 1. The second-order valence-corrected chi connectivity index (χ2v) is 3.53. The Bertz CT molecular complexity index is 342. The number of rotatable bonds is 3. The highest BCUT2D eigenvalue weighted by Gasteiger charge is 2.64. The summed E-state index contributed by atoms with van der Waals surface area (Å²) < 4.78 is 0. The zero-order valence-electron chi connectivity index (χ0n) is 7.32. The van der Waals surface area contributed by atoms with Crippen LogP contribution in [0.15, 0.2) is 0 Å². The molecular weight excluding hydrogens is 188 g/mol. The molecule has 3 atom stereocenters. The summed E-state index contributed by atoms with van der Waals surface area (Å²) in [6.07, 6.45) is -0.273. The maximum atomic E-state index is 11.2. The third kappa shape index (κ3) is 0.987. The Balaban J connectivity index is 2.28. The highest BCUT2D eigenvalue weighted by atomic mass is 16.2. The van der Waals surface area contributed by atoms with Gasteiger partial charge in [-0.05, 0) is 0 Å². The van der Waals surface area contributed by atoms with Gasteiger partial charge in [-0.2, -0.15) is 0 Å². The summed E-state index contributed by atoms with van der Waals surface area (Å²) >= 11 is 0. The Labute approximate surface area is 79.4 Å². The van der Waals surface area contributed by atoms with Crippen LogP contribution in [0.1, 0.15) is 6.42 Å². The molecule has 2 rings (SSSR count). The average molecular weight is 198 g/mol. The maximum absolute atomic E-state index is 11.2. The molecule has 3 unspecified atom stereocenters. The first kappa shape index (κ1) is 8.95. The van der Waals surface area contributed by atoms with E-state index >= 15 is 0 Å². The van der Waals surface area contributed by atoms with E-state index in [2.05, 4.69) is 5.32 Å². The fourth-order valence-corrected chi connectivity index (χ4v) is 1.83. The molecule has 0 radical (unpaired) electrons. The van der Waals surface area contributed by atoms with E-state index in [4.69, 9.17) is 11.5 Å². The van der Waals surface area contributed by atoms with Crippen molar-refractivity contribution in [3.63, 3.8) is 0 Å². The van der Waals surface area contributed by atoms with E-state index in [0.717, 1.165) is 0 Å². The summed E-state index contributed by atoms with van der Waals surface area (Å²) in [6, 6.07) is -0.318. The van der Waals surface area contributed by atoms with Gasteiger partial charge in [0.1, 0.15) is 6.04 Å². The molecule has 2 heterocycles. The molecule has 7 heteroatoms. The first-order chi connectivity index (χ1) is 6.47. The molecule has 7 nitrogen and oxygen atoms in total. The van der Waals surface area contributed by atoms with Crippen LogP contribution < -0.4 is 16.8 Å². The predicted octanol–water partition coefficient (Wildman–Crippen LogP) is -3.14. The molecule has 14 heavy (non-hydrogen) atoms. The fraction of sp³-hybridized carbons (Fsp3) is 0.571. The van der Waals surface area contributed by atoms with Crippen LogP contribution in [0.2, 0.25) is 0 Å². The van der Waals surface area contributed by atoms with Crippen LogP contribution in [0, 0.1) is 0 Å². The molecule has 0 aromatic heterocycles. The number of nitrogens with zero attached hydrogens (tertiary/aromatic N) is 1. The van der Waals surface area contributed by atoms with Gasteiger partial charge in [-0.15, -0.1) is 0 Å². The van der Waals surface area contributed by atoms with Crippen LogP contribution >= 0.6 is 0 Å². The zero-order valence-corrected chi connectivity index (χ0v) is 7.32. The lowest BCUT2D eigenvalue weighted by Crippen LogP contribution is -2.60. The van der Waals surface area contributed by atoms with E-state index < -0.39 is 17.5 Å². The molecule has 0 aliphatic carbocycles. The van der Waals surface area contributed by atoms with Crippen molar-refractivity contribution in [2.75, 3.05) is 6.54 Å². The van der Waals surface area contributed by atoms with Crippen molar-refractivity contribution in [1.82, 2.24) is 10.2 Å². The van der Waals surface area contributed by atoms with Gasteiger partial charge < -0.3 is 16.8 Å². The molecular formula is C7H10N4O3. The summed E-state index contributed by atoms with van der Waals surface area (Å²) in [5, 5.41) is 2.41. The second kappa shape index (κ2) is 2.44. The normalized spacial score (nSPS) is 38.7. The Hall–Kier alpha value is -1.63.